The number of nitrogens with one attached hydrogen (secondary N) is 1. The minimum atomic E-state index is -0.0225. The van der Waals surface area contributed by atoms with Crippen molar-refractivity contribution in [2.75, 3.05) is 11.1 Å². The summed E-state index contributed by atoms with van der Waals surface area (Å²) in [7, 11) is 0. The average Bonchev–Trinajstić information content (AvgIpc) is 2.96. The minimum Gasteiger partial charge on any atom is -0.301 e. The molecule has 3 rings (SSSR count). The van der Waals surface area contributed by atoms with Gasteiger partial charge in [0.2, 0.25) is 5.91 Å². The van der Waals surface area contributed by atoms with Crippen LogP contribution in [0.25, 0.3) is 10.2 Å². The number of aryl methyl sites for hydroxylation is 1. The van der Waals surface area contributed by atoms with Crippen LogP contribution in [0.3, 0.4) is 0 Å². The quantitative estimate of drug-likeness (QED) is 0.617. The van der Waals surface area contributed by atoms with E-state index in [1.165, 1.54) is 34.2 Å². The normalized spacial score (nSPS) is 11.2. The summed E-state index contributed by atoms with van der Waals surface area (Å²) in [5.74, 6) is 0.776. The monoisotopic (exact) mass is 356 g/mol. The first-order chi connectivity index (χ1) is 11.5. The molecule has 0 spiro atoms. The molecule has 0 fully saturated rings. The summed E-state index contributed by atoms with van der Waals surface area (Å²) in [4.78, 5) is 17.9. The van der Waals surface area contributed by atoms with Gasteiger partial charge in [-0.05, 0) is 36.6 Å². The molecular weight excluding hydrogens is 336 g/mol. The number of carbonyl (C=O) groups excluding carboxylic acids is 1. The van der Waals surface area contributed by atoms with Gasteiger partial charge in [0, 0.05) is 4.90 Å². The Morgan fingerprint density at radius 1 is 1.21 bits per heavy atom. The van der Waals surface area contributed by atoms with Gasteiger partial charge in [-0.25, -0.2) is 4.98 Å². The fourth-order valence-electron chi connectivity index (χ4n) is 2.43. The highest BCUT2D eigenvalue weighted by Crippen LogP contribution is 2.31. The van der Waals surface area contributed by atoms with Gasteiger partial charge in [-0.2, -0.15) is 0 Å². The molecular formula is C19H20N2OS2. The van der Waals surface area contributed by atoms with Crippen LogP contribution in [0.2, 0.25) is 0 Å². The maximum atomic E-state index is 12.2. The number of thioether (sulfide) groups is 1. The lowest BCUT2D eigenvalue weighted by Gasteiger charge is -2.04. The highest BCUT2D eigenvalue weighted by Gasteiger charge is 2.12. The van der Waals surface area contributed by atoms with Crippen molar-refractivity contribution in [2.24, 2.45) is 0 Å². The predicted molar refractivity (Wildman–Crippen MR) is 104 cm³/mol. The van der Waals surface area contributed by atoms with Gasteiger partial charge in [0.25, 0.3) is 0 Å². The molecule has 24 heavy (non-hydrogen) atoms. The lowest BCUT2D eigenvalue weighted by Crippen LogP contribution is -2.13. The van der Waals surface area contributed by atoms with E-state index in [-0.39, 0.29) is 5.91 Å². The first-order valence-electron chi connectivity index (χ1n) is 7.91. The van der Waals surface area contributed by atoms with E-state index in [0.717, 1.165) is 15.1 Å². The minimum absolute atomic E-state index is 0.0225. The van der Waals surface area contributed by atoms with Gasteiger partial charge in [0.1, 0.15) is 0 Å². The molecule has 3 aromatic rings. The van der Waals surface area contributed by atoms with Crippen molar-refractivity contribution in [3.05, 3.63) is 53.6 Å². The van der Waals surface area contributed by atoms with E-state index in [9.17, 15) is 4.79 Å². The van der Waals surface area contributed by atoms with Crippen LogP contribution in [0.15, 0.2) is 47.4 Å². The van der Waals surface area contributed by atoms with E-state index in [2.05, 4.69) is 61.4 Å². The van der Waals surface area contributed by atoms with Crippen LogP contribution in [0.1, 0.15) is 30.9 Å². The highest BCUT2D eigenvalue weighted by atomic mass is 32.2. The highest BCUT2D eigenvalue weighted by molar-refractivity contribution is 8.00. The zero-order chi connectivity index (χ0) is 17.1. The number of rotatable bonds is 5. The van der Waals surface area contributed by atoms with Crippen LogP contribution in [-0.2, 0) is 4.79 Å². The maximum absolute atomic E-state index is 12.2. The molecule has 5 heteroatoms. The van der Waals surface area contributed by atoms with E-state index in [1.54, 1.807) is 0 Å². The Morgan fingerprint density at radius 3 is 2.67 bits per heavy atom. The number of thiazole rings is 1. The number of fused-ring (bicyclic) bond motifs is 1. The largest absolute Gasteiger partial charge is 0.301 e. The van der Waals surface area contributed by atoms with Crippen LogP contribution in [0, 0.1) is 6.92 Å². The molecule has 1 heterocycles. The van der Waals surface area contributed by atoms with Crippen molar-refractivity contribution in [3.8, 4) is 0 Å². The van der Waals surface area contributed by atoms with E-state index in [1.807, 2.05) is 12.1 Å². The molecule has 0 saturated heterocycles. The van der Waals surface area contributed by atoms with Crippen LogP contribution in [0.4, 0.5) is 5.13 Å². The van der Waals surface area contributed by atoms with Crippen LogP contribution in [-0.4, -0.2) is 16.6 Å². The Balaban J connectivity index is 1.67. The molecule has 3 nitrogen and oxygen atoms in total. The summed E-state index contributed by atoms with van der Waals surface area (Å²) in [6.07, 6.45) is 0. The van der Waals surface area contributed by atoms with Gasteiger partial charge in [0.15, 0.2) is 5.13 Å². The van der Waals surface area contributed by atoms with Crippen molar-refractivity contribution in [1.29, 1.82) is 0 Å². The van der Waals surface area contributed by atoms with E-state index in [4.69, 9.17) is 0 Å². The zero-order valence-electron chi connectivity index (χ0n) is 14.0. The van der Waals surface area contributed by atoms with Crippen LogP contribution in [0.5, 0.6) is 0 Å². The molecule has 0 aliphatic rings. The van der Waals surface area contributed by atoms with Crippen molar-refractivity contribution >= 4 is 44.4 Å². The molecule has 0 radical (unpaired) electrons. The third kappa shape index (κ3) is 3.97. The van der Waals surface area contributed by atoms with Crippen molar-refractivity contribution in [3.63, 3.8) is 0 Å². The number of benzene rings is 2. The second-order valence-electron chi connectivity index (χ2n) is 6.02. The number of hydrogen-bond acceptors (Lipinski definition) is 4. The summed E-state index contributed by atoms with van der Waals surface area (Å²) in [6.45, 7) is 6.37. The fourth-order valence-corrected chi connectivity index (χ4v) is 4.04. The Bertz CT molecular complexity index is 853. The molecule has 1 aromatic heterocycles. The molecule has 0 unspecified atom stereocenters. The molecule has 0 aliphatic heterocycles. The van der Waals surface area contributed by atoms with Crippen molar-refractivity contribution in [1.82, 2.24) is 4.98 Å². The molecule has 0 aliphatic carbocycles. The summed E-state index contributed by atoms with van der Waals surface area (Å²) in [6, 6.07) is 14.4. The lowest BCUT2D eigenvalue weighted by molar-refractivity contribution is -0.113. The molecule has 0 bridgehead atoms. The maximum Gasteiger partial charge on any atom is 0.236 e. The first-order valence-corrected chi connectivity index (χ1v) is 9.72. The van der Waals surface area contributed by atoms with Gasteiger partial charge in [0.05, 0.1) is 16.0 Å². The number of anilines is 1. The van der Waals surface area contributed by atoms with Gasteiger partial charge in [-0.15, -0.1) is 11.8 Å². The standard InChI is InChI=1S/C19H20N2OS2/c1-12(2)15-5-4-6-16-18(15)21-19(24-16)20-17(22)11-23-14-9-7-13(3)8-10-14/h4-10,12H,11H2,1-3H3,(H,20,21,22). The van der Waals surface area contributed by atoms with Crippen molar-refractivity contribution in [2.45, 2.75) is 31.6 Å². The fraction of sp³-hybridized carbons (Fsp3) is 0.263. The Morgan fingerprint density at radius 2 is 1.96 bits per heavy atom. The Hall–Kier alpha value is -1.85. The third-order valence-corrected chi connectivity index (χ3v) is 5.66. The summed E-state index contributed by atoms with van der Waals surface area (Å²) in [5, 5.41) is 3.60. The molecule has 1 amide bonds. The van der Waals surface area contributed by atoms with Gasteiger partial charge >= 0.3 is 0 Å². The van der Waals surface area contributed by atoms with Crippen LogP contribution >= 0.6 is 23.1 Å². The van der Waals surface area contributed by atoms with E-state index in [0.29, 0.717) is 16.8 Å². The van der Waals surface area contributed by atoms with Gasteiger partial charge in [-0.3, -0.25) is 4.79 Å². The number of amides is 1. The molecule has 1 N–H and O–H groups in total. The number of hydrogen-bond donors (Lipinski definition) is 1. The smallest absolute Gasteiger partial charge is 0.236 e. The predicted octanol–water partition coefficient (Wildman–Crippen LogP) is 5.46. The number of para-hydroxylation sites is 1. The molecule has 2 aromatic carbocycles. The molecule has 0 atom stereocenters. The SMILES string of the molecule is Cc1ccc(SCC(=O)Nc2nc3c(C(C)C)cccc3s2)cc1. The van der Waals surface area contributed by atoms with Gasteiger partial charge in [-0.1, -0.05) is 55.0 Å². The second-order valence-corrected chi connectivity index (χ2v) is 8.10. The van der Waals surface area contributed by atoms with E-state index < -0.39 is 0 Å². The van der Waals surface area contributed by atoms with Crippen molar-refractivity contribution < 1.29 is 4.79 Å². The second kappa shape index (κ2) is 7.36. The summed E-state index contributed by atoms with van der Waals surface area (Å²) < 4.78 is 1.11. The summed E-state index contributed by atoms with van der Waals surface area (Å²) in [5.41, 5.74) is 3.44. The third-order valence-electron chi connectivity index (χ3n) is 3.71. The number of aromatic nitrogens is 1. The average molecular weight is 357 g/mol. The number of carbonyl (C=O) groups is 1. The van der Waals surface area contributed by atoms with Gasteiger partial charge < -0.3 is 5.32 Å². The molecule has 124 valence electrons. The number of nitrogens with zero attached hydrogens (tertiary/aromatic N) is 1. The molecule has 0 saturated carbocycles. The Kier molecular flexibility index (Phi) is 5.21. The lowest BCUT2D eigenvalue weighted by atomic mass is 10.0. The first kappa shape index (κ1) is 17.0. The van der Waals surface area contributed by atoms with E-state index >= 15 is 0 Å². The summed E-state index contributed by atoms with van der Waals surface area (Å²) >= 11 is 3.06. The van der Waals surface area contributed by atoms with Crippen LogP contribution < -0.4 is 5.32 Å². The Labute approximate surface area is 150 Å². The topological polar surface area (TPSA) is 42.0 Å². The zero-order valence-corrected chi connectivity index (χ0v) is 15.6.